The third-order valence-corrected chi connectivity index (χ3v) is 4.49. The minimum Gasteiger partial charge on any atom is -0.497 e. The van der Waals surface area contributed by atoms with E-state index < -0.39 is 0 Å². The first kappa shape index (κ1) is 23.7. The molecule has 0 saturated carbocycles. The minimum atomic E-state index is -0.388. The number of amides is 2. The minimum absolute atomic E-state index is 0.159. The van der Waals surface area contributed by atoms with Gasteiger partial charge in [0, 0.05) is 18.7 Å². The van der Waals surface area contributed by atoms with E-state index in [1.54, 1.807) is 18.7 Å². The van der Waals surface area contributed by atoms with E-state index >= 15 is 0 Å². The molecule has 0 aliphatic rings. The molecule has 4 N–H and O–H groups in total. The van der Waals surface area contributed by atoms with Crippen molar-refractivity contribution in [1.29, 1.82) is 0 Å². The molecule has 1 heterocycles. The second-order valence-electron chi connectivity index (χ2n) is 6.77. The smallest absolute Gasteiger partial charge is 0.267 e. The highest BCUT2D eigenvalue weighted by molar-refractivity contribution is 5.93. The van der Waals surface area contributed by atoms with Crippen LogP contribution in [0.4, 0.5) is 0 Å². The largest absolute Gasteiger partial charge is 0.497 e. The molecule has 0 radical (unpaired) electrons. The van der Waals surface area contributed by atoms with Crippen LogP contribution in [0.5, 0.6) is 5.75 Å². The fourth-order valence-electron chi connectivity index (χ4n) is 2.79. The van der Waals surface area contributed by atoms with Gasteiger partial charge in [-0.05, 0) is 54.8 Å². The predicted molar refractivity (Wildman–Crippen MR) is 120 cm³/mol. The van der Waals surface area contributed by atoms with Crippen LogP contribution >= 0.6 is 0 Å². The third kappa shape index (κ3) is 8.76. The zero-order valence-corrected chi connectivity index (χ0v) is 17.6. The van der Waals surface area contributed by atoms with Gasteiger partial charge in [-0.1, -0.05) is 42.8 Å². The molecule has 2 aromatic carbocycles. The Bertz CT molecular complexity index is 881. The molecule has 7 heteroatoms. The second-order valence-corrected chi connectivity index (χ2v) is 6.77. The number of ether oxygens (including phenoxy) is 1. The number of hydroxylamine groups is 1. The fraction of sp³-hybridized carbons (Fsp3) is 0.250. The Balaban J connectivity index is 0.000000488. The number of hydrogen-bond donors (Lipinski definition) is 4. The molecule has 0 unspecified atom stereocenters. The predicted octanol–water partition coefficient (Wildman–Crippen LogP) is 4.17. The van der Waals surface area contributed by atoms with Gasteiger partial charge in [-0.15, -0.1) is 0 Å². The summed E-state index contributed by atoms with van der Waals surface area (Å²) in [5, 5.41) is 11.2. The van der Waals surface area contributed by atoms with E-state index in [0.29, 0.717) is 18.7 Å². The SMILES string of the molecule is COc1ccc(-c2ccc(C(=O)NCCCCCC(=O)NO)[nH]2)cc1.c1ccccc1. The number of nitrogens with one attached hydrogen (secondary N) is 3. The third-order valence-electron chi connectivity index (χ3n) is 4.49. The van der Waals surface area contributed by atoms with Crippen molar-refractivity contribution in [2.24, 2.45) is 0 Å². The van der Waals surface area contributed by atoms with E-state index in [9.17, 15) is 9.59 Å². The molecule has 0 bridgehead atoms. The van der Waals surface area contributed by atoms with Crippen LogP contribution in [0, 0.1) is 0 Å². The number of methoxy groups -OCH3 is 1. The number of hydrogen-bond acceptors (Lipinski definition) is 4. The number of H-pyrrole nitrogens is 1. The van der Waals surface area contributed by atoms with Gasteiger partial charge in [0.05, 0.1) is 7.11 Å². The van der Waals surface area contributed by atoms with Crippen LogP contribution in [0.15, 0.2) is 72.8 Å². The molecule has 0 fully saturated rings. The lowest BCUT2D eigenvalue weighted by atomic mass is 10.1. The molecule has 3 aromatic rings. The summed E-state index contributed by atoms with van der Waals surface area (Å²) < 4.78 is 5.13. The second kappa shape index (κ2) is 13.6. The summed E-state index contributed by atoms with van der Waals surface area (Å²) in [5.74, 6) is 0.235. The van der Waals surface area contributed by atoms with E-state index in [1.165, 1.54) is 0 Å². The number of rotatable bonds is 9. The Kier molecular flexibility index (Phi) is 10.4. The van der Waals surface area contributed by atoms with Crippen LogP contribution in [0.2, 0.25) is 0 Å². The highest BCUT2D eigenvalue weighted by Crippen LogP contribution is 2.21. The van der Waals surface area contributed by atoms with Gasteiger partial charge in [0.25, 0.3) is 5.91 Å². The van der Waals surface area contributed by atoms with Crippen LogP contribution in [-0.2, 0) is 4.79 Å². The molecule has 0 aliphatic carbocycles. The summed E-state index contributed by atoms with van der Waals surface area (Å²) >= 11 is 0. The van der Waals surface area contributed by atoms with Crippen LogP contribution in [0.3, 0.4) is 0 Å². The molecule has 164 valence electrons. The van der Waals surface area contributed by atoms with E-state index in [4.69, 9.17) is 9.94 Å². The Labute approximate surface area is 182 Å². The van der Waals surface area contributed by atoms with Crippen LogP contribution in [0.25, 0.3) is 11.3 Å². The summed E-state index contributed by atoms with van der Waals surface area (Å²) in [6, 6.07) is 23.2. The molecule has 0 spiro atoms. The van der Waals surface area contributed by atoms with E-state index in [2.05, 4.69) is 10.3 Å². The zero-order valence-electron chi connectivity index (χ0n) is 17.6. The average Bonchev–Trinajstić information content (AvgIpc) is 3.33. The standard InChI is InChI=1S/C18H23N3O4.C6H6/c1-25-14-8-6-13(7-9-14)15-10-11-16(20-15)18(23)19-12-4-2-3-5-17(22)21-24;1-2-4-6-5-3-1/h6-11,20,24H,2-5,12H2,1H3,(H,19,23)(H,21,22);1-6H. The molecular formula is C24H29N3O4. The maximum Gasteiger partial charge on any atom is 0.267 e. The fourth-order valence-corrected chi connectivity index (χ4v) is 2.79. The molecule has 1 aromatic heterocycles. The Morgan fingerprint density at radius 3 is 2.13 bits per heavy atom. The van der Waals surface area contributed by atoms with Crippen molar-refractivity contribution in [2.75, 3.05) is 13.7 Å². The molecular weight excluding hydrogens is 394 g/mol. The molecule has 0 saturated heterocycles. The number of carbonyl (C=O) groups excluding carboxylic acids is 2. The molecule has 2 amide bonds. The Morgan fingerprint density at radius 1 is 0.903 bits per heavy atom. The topological polar surface area (TPSA) is 103 Å². The lowest BCUT2D eigenvalue weighted by Crippen LogP contribution is -2.24. The van der Waals surface area contributed by atoms with Gasteiger partial charge < -0.3 is 15.0 Å². The first-order chi connectivity index (χ1) is 15.1. The van der Waals surface area contributed by atoms with Gasteiger partial charge in [0.2, 0.25) is 5.91 Å². The van der Waals surface area contributed by atoms with Crippen molar-refractivity contribution in [3.8, 4) is 17.0 Å². The molecule has 0 aliphatic heterocycles. The van der Waals surface area contributed by atoms with E-state index in [-0.39, 0.29) is 18.2 Å². The lowest BCUT2D eigenvalue weighted by Gasteiger charge is -2.04. The Hall–Kier alpha value is -3.58. The van der Waals surface area contributed by atoms with Crippen molar-refractivity contribution in [3.05, 3.63) is 78.5 Å². The van der Waals surface area contributed by atoms with Crippen molar-refractivity contribution in [2.45, 2.75) is 25.7 Å². The normalized spacial score (nSPS) is 9.87. The number of carbonyl (C=O) groups is 2. The maximum absolute atomic E-state index is 12.1. The highest BCUT2D eigenvalue weighted by atomic mass is 16.5. The summed E-state index contributed by atoms with van der Waals surface area (Å²) in [4.78, 5) is 26.1. The average molecular weight is 424 g/mol. The number of aromatic amines is 1. The van der Waals surface area contributed by atoms with Gasteiger partial charge in [-0.3, -0.25) is 14.8 Å². The summed E-state index contributed by atoms with van der Waals surface area (Å²) in [6.45, 7) is 0.538. The van der Waals surface area contributed by atoms with Gasteiger partial charge >= 0.3 is 0 Å². The van der Waals surface area contributed by atoms with Crippen LogP contribution < -0.4 is 15.5 Å². The van der Waals surface area contributed by atoms with Gasteiger partial charge in [-0.2, -0.15) is 0 Å². The Morgan fingerprint density at radius 2 is 1.55 bits per heavy atom. The van der Waals surface area contributed by atoms with Crippen molar-refractivity contribution < 1.29 is 19.5 Å². The van der Waals surface area contributed by atoms with Gasteiger partial charge in [0.15, 0.2) is 0 Å². The van der Waals surface area contributed by atoms with Gasteiger partial charge in [0.1, 0.15) is 11.4 Å². The highest BCUT2D eigenvalue weighted by Gasteiger charge is 2.09. The quantitative estimate of drug-likeness (QED) is 0.236. The first-order valence-electron chi connectivity index (χ1n) is 10.2. The number of unbranched alkanes of at least 4 members (excludes halogenated alkanes) is 2. The number of benzene rings is 2. The zero-order chi connectivity index (χ0) is 22.3. The monoisotopic (exact) mass is 423 g/mol. The van der Waals surface area contributed by atoms with E-state index in [0.717, 1.165) is 29.8 Å². The van der Waals surface area contributed by atoms with Crippen molar-refractivity contribution >= 4 is 11.8 Å². The number of aromatic nitrogens is 1. The molecule has 7 nitrogen and oxygen atoms in total. The van der Waals surface area contributed by atoms with Gasteiger partial charge in [-0.25, -0.2) is 5.48 Å². The molecule has 0 atom stereocenters. The lowest BCUT2D eigenvalue weighted by molar-refractivity contribution is -0.129. The van der Waals surface area contributed by atoms with Crippen LogP contribution in [0.1, 0.15) is 36.2 Å². The maximum atomic E-state index is 12.1. The summed E-state index contributed by atoms with van der Waals surface area (Å²) in [5.41, 5.74) is 3.94. The summed E-state index contributed by atoms with van der Waals surface area (Å²) in [7, 11) is 1.62. The van der Waals surface area contributed by atoms with Crippen molar-refractivity contribution in [3.63, 3.8) is 0 Å². The molecule has 3 rings (SSSR count). The molecule has 31 heavy (non-hydrogen) atoms. The van der Waals surface area contributed by atoms with Crippen molar-refractivity contribution in [1.82, 2.24) is 15.8 Å². The summed E-state index contributed by atoms with van der Waals surface area (Å²) in [6.07, 6.45) is 2.53. The van der Waals surface area contributed by atoms with E-state index in [1.807, 2.05) is 66.7 Å². The van der Waals surface area contributed by atoms with Crippen LogP contribution in [-0.4, -0.2) is 35.7 Å². The first-order valence-corrected chi connectivity index (χ1v) is 10.2.